The normalized spacial score (nSPS) is 23.0. The largest absolute Gasteiger partial charge is 0.240 e. The summed E-state index contributed by atoms with van der Waals surface area (Å²) in [6.07, 6.45) is 2.30. The van der Waals surface area contributed by atoms with Gasteiger partial charge in [0, 0.05) is 11.0 Å². The first-order valence-electron chi connectivity index (χ1n) is 6.16. The van der Waals surface area contributed by atoms with Gasteiger partial charge in [-0.1, -0.05) is 29.2 Å². The zero-order valence-electron chi connectivity index (χ0n) is 10.7. The van der Waals surface area contributed by atoms with E-state index < -0.39 is 10.0 Å². The van der Waals surface area contributed by atoms with E-state index in [4.69, 9.17) is 5.53 Å². The number of sulfonamides is 1. The highest BCUT2D eigenvalue weighted by Crippen LogP contribution is 2.24. The molecule has 0 spiro atoms. The number of benzene rings is 1. The summed E-state index contributed by atoms with van der Waals surface area (Å²) in [4.78, 5) is 3.01. The lowest BCUT2D eigenvalue weighted by Gasteiger charge is -2.17. The molecule has 0 amide bonds. The third kappa shape index (κ3) is 3.26. The minimum absolute atomic E-state index is 0.240. The minimum atomic E-state index is -3.54. The molecular formula is C12H16N4O2S. The highest BCUT2D eigenvalue weighted by molar-refractivity contribution is 7.89. The zero-order chi connectivity index (χ0) is 13.9. The number of azide groups is 1. The summed E-state index contributed by atoms with van der Waals surface area (Å²) >= 11 is 0. The lowest BCUT2D eigenvalue weighted by atomic mass is 10.2. The maximum atomic E-state index is 12.2. The highest BCUT2D eigenvalue weighted by Gasteiger charge is 2.30. The monoisotopic (exact) mass is 280 g/mol. The van der Waals surface area contributed by atoms with Gasteiger partial charge in [-0.3, -0.25) is 0 Å². The quantitative estimate of drug-likeness (QED) is 0.521. The Morgan fingerprint density at radius 2 is 2.00 bits per heavy atom. The summed E-state index contributed by atoms with van der Waals surface area (Å²) in [7, 11) is -3.54. The molecule has 0 bridgehead atoms. The van der Waals surface area contributed by atoms with Gasteiger partial charge < -0.3 is 0 Å². The maximum Gasteiger partial charge on any atom is 0.240 e. The van der Waals surface area contributed by atoms with Crippen molar-refractivity contribution in [3.63, 3.8) is 0 Å². The van der Waals surface area contributed by atoms with Crippen LogP contribution < -0.4 is 4.72 Å². The number of aryl methyl sites for hydroxylation is 1. The predicted octanol–water partition coefficient (Wildman–Crippen LogP) is 2.50. The maximum absolute atomic E-state index is 12.2. The van der Waals surface area contributed by atoms with Crippen LogP contribution >= 0.6 is 0 Å². The van der Waals surface area contributed by atoms with Gasteiger partial charge in [-0.05, 0) is 37.4 Å². The van der Waals surface area contributed by atoms with Gasteiger partial charge in [0.05, 0.1) is 10.9 Å². The Balaban J connectivity index is 2.17. The first-order chi connectivity index (χ1) is 9.03. The second-order valence-corrected chi connectivity index (χ2v) is 6.46. The lowest BCUT2D eigenvalue weighted by Crippen LogP contribution is -2.38. The molecule has 102 valence electrons. The fraction of sp³-hybridized carbons (Fsp3) is 0.500. The third-order valence-electron chi connectivity index (χ3n) is 3.32. The topological polar surface area (TPSA) is 94.9 Å². The van der Waals surface area contributed by atoms with E-state index >= 15 is 0 Å². The van der Waals surface area contributed by atoms with E-state index in [9.17, 15) is 8.42 Å². The summed E-state index contributed by atoms with van der Waals surface area (Å²) in [5, 5.41) is 3.65. The van der Waals surface area contributed by atoms with Crippen LogP contribution in [-0.4, -0.2) is 20.5 Å². The average molecular weight is 280 g/mol. The molecule has 2 atom stereocenters. The van der Waals surface area contributed by atoms with E-state index in [-0.39, 0.29) is 17.0 Å². The highest BCUT2D eigenvalue weighted by atomic mass is 32.2. The molecule has 1 fully saturated rings. The number of nitrogens with one attached hydrogen (secondary N) is 1. The molecule has 6 nitrogen and oxygen atoms in total. The SMILES string of the molecule is Cc1ccc(S(=O)(=O)N[C@H]2CCC[C@H]2N=[N+]=[N-])cc1. The van der Waals surface area contributed by atoms with Crippen LogP contribution in [-0.2, 0) is 10.0 Å². The summed E-state index contributed by atoms with van der Waals surface area (Å²) < 4.78 is 27.0. The molecule has 0 saturated heterocycles. The van der Waals surface area contributed by atoms with E-state index in [0.717, 1.165) is 18.4 Å². The molecule has 19 heavy (non-hydrogen) atoms. The zero-order valence-corrected chi connectivity index (χ0v) is 11.5. The van der Waals surface area contributed by atoms with Gasteiger partial charge in [0.1, 0.15) is 0 Å². The van der Waals surface area contributed by atoms with Gasteiger partial charge in [-0.15, -0.1) is 0 Å². The van der Waals surface area contributed by atoms with Crippen molar-refractivity contribution in [2.24, 2.45) is 5.11 Å². The van der Waals surface area contributed by atoms with E-state index in [2.05, 4.69) is 14.7 Å². The average Bonchev–Trinajstić information content (AvgIpc) is 2.77. The van der Waals surface area contributed by atoms with E-state index in [1.165, 1.54) is 0 Å². The molecule has 1 N–H and O–H groups in total. The molecule has 1 saturated carbocycles. The summed E-state index contributed by atoms with van der Waals surface area (Å²) in [5.41, 5.74) is 9.48. The van der Waals surface area contributed by atoms with Gasteiger partial charge in [0.25, 0.3) is 0 Å². The number of rotatable bonds is 4. The van der Waals surface area contributed by atoms with Crippen molar-refractivity contribution in [1.29, 1.82) is 0 Å². The molecule has 7 heteroatoms. The van der Waals surface area contributed by atoms with E-state index in [1.807, 2.05) is 6.92 Å². The number of nitrogens with zero attached hydrogens (tertiary/aromatic N) is 3. The summed E-state index contributed by atoms with van der Waals surface area (Å²) in [5.74, 6) is 0. The van der Waals surface area contributed by atoms with Crippen LogP contribution in [0.3, 0.4) is 0 Å². The van der Waals surface area contributed by atoms with Crippen molar-refractivity contribution in [3.05, 3.63) is 40.3 Å². The van der Waals surface area contributed by atoms with Crippen molar-refractivity contribution in [2.45, 2.75) is 43.2 Å². The van der Waals surface area contributed by atoms with Crippen LogP contribution in [0.25, 0.3) is 10.4 Å². The van der Waals surface area contributed by atoms with Crippen LogP contribution in [0.1, 0.15) is 24.8 Å². The standard InChI is InChI=1S/C12H16N4O2S/c1-9-5-7-10(8-6-9)19(17,18)15-12-4-2-3-11(12)14-16-13/h5-8,11-12,15H,2-4H2,1H3/t11-,12+/m1/s1. The summed E-state index contributed by atoms with van der Waals surface area (Å²) in [6, 6.07) is 6.08. The van der Waals surface area contributed by atoms with Crippen LogP contribution in [0.2, 0.25) is 0 Å². The van der Waals surface area contributed by atoms with Gasteiger partial charge in [0.2, 0.25) is 10.0 Å². The van der Waals surface area contributed by atoms with E-state index in [1.54, 1.807) is 24.3 Å². The molecule has 1 aliphatic rings. The third-order valence-corrected chi connectivity index (χ3v) is 4.82. The van der Waals surface area contributed by atoms with Crippen molar-refractivity contribution < 1.29 is 8.42 Å². The fourth-order valence-corrected chi connectivity index (χ4v) is 3.57. The molecule has 0 unspecified atom stereocenters. The molecule has 0 aromatic heterocycles. The molecule has 0 heterocycles. The number of hydrogen-bond donors (Lipinski definition) is 1. The second-order valence-electron chi connectivity index (χ2n) is 4.74. The van der Waals surface area contributed by atoms with Crippen LogP contribution in [0.15, 0.2) is 34.3 Å². The van der Waals surface area contributed by atoms with Crippen molar-refractivity contribution in [1.82, 2.24) is 4.72 Å². The molecule has 0 radical (unpaired) electrons. The molecular weight excluding hydrogens is 264 g/mol. The molecule has 1 aromatic rings. The minimum Gasteiger partial charge on any atom is -0.208 e. The Bertz CT molecular complexity index is 591. The first-order valence-corrected chi connectivity index (χ1v) is 7.64. The Morgan fingerprint density at radius 1 is 1.32 bits per heavy atom. The Hall–Kier alpha value is -1.56. The van der Waals surface area contributed by atoms with Crippen molar-refractivity contribution in [2.75, 3.05) is 0 Å². The van der Waals surface area contributed by atoms with Gasteiger partial charge in [-0.2, -0.15) is 0 Å². The number of hydrogen-bond acceptors (Lipinski definition) is 3. The van der Waals surface area contributed by atoms with Gasteiger partial charge >= 0.3 is 0 Å². The lowest BCUT2D eigenvalue weighted by molar-refractivity contribution is 0.521. The smallest absolute Gasteiger partial charge is 0.208 e. The van der Waals surface area contributed by atoms with Crippen molar-refractivity contribution in [3.8, 4) is 0 Å². The Kier molecular flexibility index (Phi) is 4.09. The molecule has 0 aliphatic heterocycles. The second kappa shape index (κ2) is 5.61. The van der Waals surface area contributed by atoms with Crippen LogP contribution in [0, 0.1) is 6.92 Å². The Labute approximate surface area is 112 Å². The fourth-order valence-electron chi connectivity index (χ4n) is 2.27. The van der Waals surface area contributed by atoms with Gasteiger partial charge in [-0.25, -0.2) is 13.1 Å². The van der Waals surface area contributed by atoms with Crippen LogP contribution in [0.4, 0.5) is 0 Å². The first kappa shape index (κ1) is 13.9. The predicted molar refractivity (Wildman–Crippen MR) is 72.1 cm³/mol. The molecule has 1 aromatic carbocycles. The van der Waals surface area contributed by atoms with Crippen molar-refractivity contribution >= 4 is 10.0 Å². The van der Waals surface area contributed by atoms with E-state index in [0.29, 0.717) is 6.42 Å². The van der Waals surface area contributed by atoms with Gasteiger partial charge in [0.15, 0.2) is 0 Å². The van der Waals surface area contributed by atoms with Crippen LogP contribution in [0.5, 0.6) is 0 Å². The summed E-state index contributed by atoms with van der Waals surface area (Å²) in [6.45, 7) is 1.90. The molecule has 2 rings (SSSR count). The Morgan fingerprint density at radius 3 is 2.63 bits per heavy atom. The molecule has 1 aliphatic carbocycles.